The fourth-order valence-electron chi connectivity index (χ4n) is 2.20. The van der Waals surface area contributed by atoms with Gasteiger partial charge in [-0.05, 0) is 32.6 Å². The summed E-state index contributed by atoms with van der Waals surface area (Å²) in [5.41, 5.74) is 2.88. The Hall–Kier alpha value is -0.120. The van der Waals surface area contributed by atoms with Crippen molar-refractivity contribution in [2.24, 2.45) is 5.84 Å². The van der Waals surface area contributed by atoms with E-state index in [9.17, 15) is 0 Å². The third kappa shape index (κ3) is 2.94. The normalized spacial score (nSPS) is 30.2. The molecule has 0 saturated carbocycles. The van der Waals surface area contributed by atoms with E-state index in [-0.39, 0.29) is 5.60 Å². The summed E-state index contributed by atoms with van der Waals surface area (Å²) in [6.45, 7) is 5.28. The highest BCUT2D eigenvalue weighted by atomic mass is 16.5. The average Bonchev–Trinajstić information content (AvgIpc) is 2.20. The van der Waals surface area contributed by atoms with E-state index in [1.165, 1.54) is 25.7 Å². The summed E-state index contributed by atoms with van der Waals surface area (Å²) >= 11 is 0. The highest BCUT2D eigenvalue weighted by molar-refractivity contribution is 4.90. The molecule has 3 N–H and O–H groups in total. The molecular weight excluding hydrogens is 176 g/mol. The minimum absolute atomic E-state index is 0.0395. The van der Waals surface area contributed by atoms with Crippen LogP contribution in [0.5, 0.6) is 0 Å². The second-order valence-electron chi connectivity index (χ2n) is 4.48. The van der Waals surface area contributed by atoms with Crippen LogP contribution in [0.4, 0.5) is 0 Å². The summed E-state index contributed by atoms with van der Waals surface area (Å²) in [5, 5.41) is 0. The van der Waals surface area contributed by atoms with Gasteiger partial charge in [-0.15, -0.1) is 0 Å². The summed E-state index contributed by atoms with van der Waals surface area (Å²) in [4.78, 5) is 0. The molecule has 3 nitrogen and oxygen atoms in total. The van der Waals surface area contributed by atoms with Gasteiger partial charge in [-0.1, -0.05) is 19.8 Å². The highest BCUT2D eigenvalue weighted by Gasteiger charge is 2.35. The molecule has 0 spiro atoms. The van der Waals surface area contributed by atoms with Crippen molar-refractivity contribution in [3.05, 3.63) is 0 Å². The molecule has 1 heterocycles. The molecule has 0 bridgehead atoms. The summed E-state index contributed by atoms with van der Waals surface area (Å²) < 4.78 is 5.87. The molecule has 1 rings (SSSR count). The molecule has 0 radical (unpaired) electrons. The molecule has 1 aliphatic heterocycles. The number of rotatable bonds is 5. The molecule has 84 valence electrons. The smallest absolute Gasteiger partial charge is 0.0820 e. The first-order valence-electron chi connectivity index (χ1n) is 5.83. The number of nitrogens with one attached hydrogen (secondary N) is 1. The number of hydrogen-bond acceptors (Lipinski definition) is 3. The predicted molar refractivity (Wildman–Crippen MR) is 58.8 cm³/mol. The number of unbranched alkanes of at least 4 members (excludes halogenated alkanes) is 1. The summed E-state index contributed by atoms with van der Waals surface area (Å²) in [7, 11) is 0. The van der Waals surface area contributed by atoms with Crippen LogP contribution in [0, 0.1) is 0 Å². The SMILES string of the molecule is CCCCC(NN)C1(C)CCCCO1. The van der Waals surface area contributed by atoms with Gasteiger partial charge in [0.2, 0.25) is 0 Å². The third-order valence-corrected chi connectivity index (χ3v) is 3.28. The van der Waals surface area contributed by atoms with Gasteiger partial charge in [0.15, 0.2) is 0 Å². The van der Waals surface area contributed by atoms with E-state index in [0.717, 1.165) is 19.4 Å². The molecule has 1 aliphatic rings. The van der Waals surface area contributed by atoms with Gasteiger partial charge in [-0.2, -0.15) is 0 Å². The fourth-order valence-corrected chi connectivity index (χ4v) is 2.20. The van der Waals surface area contributed by atoms with Crippen LogP contribution in [0.1, 0.15) is 52.4 Å². The van der Waals surface area contributed by atoms with E-state index < -0.39 is 0 Å². The standard InChI is InChI=1S/C11H24N2O/c1-3-4-7-10(13-12)11(2)8-5-6-9-14-11/h10,13H,3-9,12H2,1-2H3. The minimum atomic E-state index is -0.0395. The van der Waals surface area contributed by atoms with Crippen molar-refractivity contribution >= 4 is 0 Å². The Kier molecular flexibility index (Phi) is 4.85. The first-order valence-corrected chi connectivity index (χ1v) is 5.83. The van der Waals surface area contributed by atoms with Crippen molar-refractivity contribution in [3.63, 3.8) is 0 Å². The van der Waals surface area contributed by atoms with E-state index in [1.807, 2.05) is 0 Å². The fraction of sp³-hybridized carbons (Fsp3) is 1.00. The molecule has 0 amide bonds. The Balaban J connectivity index is 2.47. The van der Waals surface area contributed by atoms with Crippen LogP contribution in [0.3, 0.4) is 0 Å². The molecular formula is C11H24N2O. The molecule has 0 aromatic heterocycles. The van der Waals surface area contributed by atoms with Gasteiger partial charge < -0.3 is 4.74 Å². The average molecular weight is 200 g/mol. The minimum Gasteiger partial charge on any atom is -0.374 e. The number of ether oxygens (including phenoxy) is 1. The Morgan fingerprint density at radius 1 is 1.50 bits per heavy atom. The van der Waals surface area contributed by atoms with Crippen LogP contribution in [-0.4, -0.2) is 18.2 Å². The monoisotopic (exact) mass is 200 g/mol. The van der Waals surface area contributed by atoms with Gasteiger partial charge in [0.05, 0.1) is 5.60 Å². The van der Waals surface area contributed by atoms with Crippen molar-refractivity contribution in [1.82, 2.24) is 5.43 Å². The van der Waals surface area contributed by atoms with E-state index in [2.05, 4.69) is 19.3 Å². The van der Waals surface area contributed by atoms with Gasteiger partial charge in [-0.3, -0.25) is 11.3 Å². The lowest BCUT2D eigenvalue weighted by Gasteiger charge is -2.40. The van der Waals surface area contributed by atoms with Crippen molar-refractivity contribution in [2.75, 3.05) is 6.61 Å². The lowest BCUT2D eigenvalue weighted by molar-refractivity contribution is -0.0904. The lowest BCUT2D eigenvalue weighted by atomic mass is 9.86. The van der Waals surface area contributed by atoms with Gasteiger partial charge >= 0.3 is 0 Å². The highest BCUT2D eigenvalue weighted by Crippen LogP contribution is 2.29. The Labute approximate surface area is 87.4 Å². The van der Waals surface area contributed by atoms with Crippen molar-refractivity contribution in [2.45, 2.75) is 64.0 Å². The van der Waals surface area contributed by atoms with E-state index >= 15 is 0 Å². The molecule has 0 aromatic carbocycles. The zero-order valence-corrected chi connectivity index (χ0v) is 9.51. The second-order valence-corrected chi connectivity index (χ2v) is 4.48. The number of hydrazine groups is 1. The number of hydrogen-bond donors (Lipinski definition) is 2. The van der Waals surface area contributed by atoms with Crippen molar-refractivity contribution in [3.8, 4) is 0 Å². The van der Waals surface area contributed by atoms with Crippen molar-refractivity contribution in [1.29, 1.82) is 0 Å². The van der Waals surface area contributed by atoms with E-state index in [4.69, 9.17) is 10.6 Å². The van der Waals surface area contributed by atoms with Crippen LogP contribution in [0.2, 0.25) is 0 Å². The van der Waals surface area contributed by atoms with Gasteiger partial charge in [-0.25, -0.2) is 0 Å². The molecule has 1 saturated heterocycles. The number of nitrogens with two attached hydrogens (primary N) is 1. The molecule has 2 unspecified atom stereocenters. The quantitative estimate of drug-likeness (QED) is 0.527. The second kappa shape index (κ2) is 5.69. The summed E-state index contributed by atoms with van der Waals surface area (Å²) in [5.74, 6) is 5.60. The maximum Gasteiger partial charge on any atom is 0.0820 e. The van der Waals surface area contributed by atoms with E-state index in [1.54, 1.807) is 0 Å². The molecule has 14 heavy (non-hydrogen) atoms. The Bertz CT molecular complexity index is 155. The molecule has 2 atom stereocenters. The molecule has 0 aliphatic carbocycles. The lowest BCUT2D eigenvalue weighted by Crippen LogP contribution is -2.54. The topological polar surface area (TPSA) is 47.3 Å². The predicted octanol–water partition coefficient (Wildman–Crippen LogP) is 1.97. The molecule has 3 heteroatoms. The van der Waals surface area contributed by atoms with Gasteiger partial charge in [0.25, 0.3) is 0 Å². The third-order valence-electron chi connectivity index (χ3n) is 3.28. The van der Waals surface area contributed by atoms with Crippen LogP contribution in [0.15, 0.2) is 0 Å². The van der Waals surface area contributed by atoms with Crippen LogP contribution < -0.4 is 11.3 Å². The first kappa shape index (κ1) is 12.0. The zero-order chi connectivity index (χ0) is 10.4. The summed E-state index contributed by atoms with van der Waals surface area (Å²) in [6.07, 6.45) is 7.14. The maximum atomic E-state index is 5.87. The first-order chi connectivity index (χ1) is 6.73. The molecule has 1 fully saturated rings. The Morgan fingerprint density at radius 3 is 2.79 bits per heavy atom. The van der Waals surface area contributed by atoms with Crippen LogP contribution in [0.25, 0.3) is 0 Å². The van der Waals surface area contributed by atoms with Gasteiger partial charge in [0.1, 0.15) is 0 Å². The van der Waals surface area contributed by atoms with Crippen molar-refractivity contribution < 1.29 is 4.74 Å². The van der Waals surface area contributed by atoms with Gasteiger partial charge in [0, 0.05) is 12.6 Å². The maximum absolute atomic E-state index is 5.87. The zero-order valence-electron chi connectivity index (χ0n) is 9.51. The van der Waals surface area contributed by atoms with Crippen LogP contribution >= 0.6 is 0 Å². The van der Waals surface area contributed by atoms with E-state index in [0.29, 0.717) is 6.04 Å². The largest absolute Gasteiger partial charge is 0.374 e. The summed E-state index contributed by atoms with van der Waals surface area (Å²) in [6, 6.07) is 0.308. The Morgan fingerprint density at radius 2 is 2.29 bits per heavy atom. The molecule has 0 aromatic rings. The van der Waals surface area contributed by atoms with Crippen LogP contribution in [-0.2, 0) is 4.74 Å².